The Balaban J connectivity index is 1.84. The summed E-state index contributed by atoms with van der Waals surface area (Å²) >= 11 is 0. The van der Waals surface area contributed by atoms with Crippen LogP contribution in [-0.4, -0.2) is 35.8 Å². The fraction of sp³-hybridized carbons (Fsp3) is 0.467. The van der Waals surface area contributed by atoms with E-state index in [1.165, 1.54) is 0 Å². The van der Waals surface area contributed by atoms with E-state index in [1.54, 1.807) is 6.07 Å². The van der Waals surface area contributed by atoms with Crippen molar-refractivity contribution in [1.29, 1.82) is 0 Å². The van der Waals surface area contributed by atoms with Gasteiger partial charge in [0.25, 0.3) is 5.91 Å². The van der Waals surface area contributed by atoms with E-state index in [9.17, 15) is 9.59 Å². The normalized spacial score (nSPS) is 21.6. The lowest BCUT2D eigenvalue weighted by atomic mass is 10.00. The molecule has 0 unspecified atom stereocenters. The summed E-state index contributed by atoms with van der Waals surface area (Å²) in [7, 11) is 0. The molecule has 1 saturated heterocycles. The van der Waals surface area contributed by atoms with Gasteiger partial charge in [0.1, 0.15) is 0 Å². The number of rotatable bonds is 2. The van der Waals surface area contributed by atoms with Crippen molar-refractivity contribution in [3.8, 4) is 0 Å². The molecule has 106 valence electrons. The van der Waals surface area contributed by atoms with Gasteiger partial charge in [-0.25, -0.2) is 0 Å². The summed E-state index contributed by atoms with van der Waals surface area (Å²) in [4.78, 5) is 25.8. The Kier molecular flexibility index (Phi) is 3.44. The standard InChI is InChI=1S/C15H19N3O2/c16-9-12-2-1-7-18(12)15(20)11-3-5-13-10(8-11)4-6-14(19)17-13/h3,5,8,12H,1-2,4,6-7,9,16H2,(H,17,19)/t12-/m0/s1. The SMILES string of the molecule is NC[C@@H]1CCCN1C(=O)c1ccc2c(c1)CCC(=O)N2. The van der Waals surface area contributed by atoms with Crippen LogP contribution in [-0.2, 0) is 11.2 Å². The third-order valence-corrected chi connectivity index (χ3v) is 4.16. The predicted octanol–water partition coefficient (Wildman–Crippen LogP) is 1.13. The van der Waals surface area contributed by atoms with Crippen LogP contribution in [0.2, 0.25) is 0 Å². The van der Waals surface area contributed by atoms with Gasteiger partial charge >= 0.3 is 0 Å². The number of fused-ring (bicyclic) bond motifs is 1. The second-order valence-electron chi connectivity index (χ2n) is 5.45. The van der Waals surface area contributed by atoms with Crippen LogP contribution in [0.3, 0.4) is 0 Å². The molecule has 1 aromatic carbocycles. The molecule has 0 bridgehead atoms. The maximum atomic E-state index is 12.5. The quantitative estimate of drug-likeness (QED) is 0.848. The minimum atomic E-state index is 0.0410. The molecule has 20 heavy (non-hydrogen) atoms. The molecule has 2 aliphatic rings. The molecule has 0 radical (unpaired) electrons. The molecule has 0 aliphatic carbocycles. The number of benzene rings is 1. The highest BCUT2D eigenvalue weighted by molar-refractivity contribution is 5.98. The number of likely N-dealkylation sites (tertiary alicyclic amines) is 1. The third-order valence-electron chi connectivity index (χ3n) is 4.16. The number of anilines is 1. The second-order valence-corrected chi connectivity index (χ2v) is 5.45. The van der Waals surface area contributed by atoms with Crippen molar-refractivity contribution < 1.29 is 9.59 Å². The smallest absolute Gasteiger partial charge is 0.254 e. The largest absolute Gasteiger partial charge is 0.334 e. The highest BCUT2D eigenvalue weighted by Crippen LogP contribution is 2.26. The number of nitrogens with two attached hydrogens (primary N) is 1. The maximum Gasteiger partial charge on any atom is 0.254 e. The highest BCUT2D eigenvalue weighted by Gasteiger charge is 2.28. The zero-order valence-corrected chi connectivity index (χ0v) is 11.4. The molecule has 2 heterocycles. The van der Waals surface area contributed by atoms with E-state index in [0.29, 0.717) is 24.9 Å². The summed E-state index contributed by atoms with van der Waals surface area (Å²) in [5, 5.41) is 2.83. The van der Waals surface area contributed by atoms with Gasteiger partial charge in [-0.05, 0) is 43.0 Å². The van der Waals surface area contributed by atoms with Crippen LogP contribution >= 0.6 is 0 Å². The average Bonchev–Trinajstić information content (AvgIpc) is 2.94. The minimum absolute atomic E-state index is 0.0410. The first kappa shape index (κ1) is 13.1. The Labute approximate surface area is 118 Å². The zero-order valence-electron chi connectivity index (χ0n) is 11.4. The number of nitrogens with zero attached hydrogens (tertiary/aromatic N) is 1. The van der Waals surface area contributed by atoms with Crippen LogP contribution in [0.25, 0.3) is 0 Å². The molecule has 0 spiro atoms. The number of amides is 2. The first-order valence-electron chi connectivity index (χ1n) is 7.13. The molecule has 5 nitrogen and oxygen atoms in total. The van der Waals surface area contributed by atoms with Gasteiger partial charge < -0.3 is 16.0 Å². The molecule has 1 aromatic rings. The number of hydrogen-bond acceptors (Lipinski definition) is 3. The van der Waals surface area contributed by atoms with Crippen molar-refractivity contribution in [2.45, 2.75) is 31.7 Å². The Bertz CT molecular complexity index is 556. The summed E-state index contributed by atoms with van der Waals surface area (Å²) in [5.74, 6) is 0.0944. The topological polar surface area (TPSA) is 75.4 Å². The van der Waals surface area contributed by atoms with E-state index in [-0.39, 0.29) is 17.9 Å². The minimum Gasteiger partial charge on any atom is -0.334 e. The van der Waals surface area contributed by atoms with Gasteiger partial charge in [0.05, 0.1) is 0 Å². The monoisotopic (exact) mass is 273 g/mol. The Hall–Kier alpha value is -1.88. The van der Waals surface area contributed by atoms with Gasteiger partial charge in [-0.15, -0.1) is 0 Å². The van der Waals surface area contributed by atoms with E-state index in [0.717, 1.165) is 30.6 Å². The number of carbonyl (C=O) groups is 2. The van der Waals surface area contributed by atoms with Crippen LogP contribution in [0.15, 0.2) is 18.2 Å². The summed E-state index contributed by atoms with van der Waals surface area (Å²) in [5.41, 5.74) is 8.29. The molecule has 3 N–H and O–H groups in total. The van der Waals surface area contributed by atoms with Gasteiger partial charge in [0, 0.05) is 36.8 Å². The fourth-order valence-corrected chi connectivity index (χ4v) is 3.03. The Morgan fingerprint density at radius 2 is 2.25 bits per heavy atom. The van der Waals surface area contributed by atoms with Crippen molar-refractivity contribution in [2.75, 3.05) is 18.4 Å². The van der Waals surface area contributed by atoms with E-state index >= 15 is 0 Å². The van der Waals surface area contributed by atoms with E-state index in [4.69, 9.17) is 5.73 Å². The summed E-state index contributed by atoms with van der Waals surface area (Å²) in [6.07, 6.45) is 3.19. The third kappa shape index (κ3) is 2.29. The second kappa shape index (κ2) is 5.25. The first-order valence-corrected chi connectivity index (χ1v) is 7.13. The maximum absolute atomic E-state index is 12.5. The van der Waals surface area contributed by atoms with E-state index in [2.05, 4.69) is 5.32 Å². The van der Waals surface area contributed by atoms with Gasteiger partial charge in [-0.1, -0.05) is 0 Å². The Morgan fingerprint density at radius 1 is 1.40 bits per heavy atom. The molecule has 1 atom stereocenters. The molecule has 1 fully saturated rings. The molecular weight excluding hydrogens is 254 g/mol. The van der Waals surface area contributed by atoms with Crippen molar-refractivity contribution >= 4 is 17.5 Å². The predicted molar refractivity (Wildman–Crippen MR) is 76.5 cm³/mol. The van der Waals surface area contributed by atoms with Gasteiger partial charge in [-0.2, -0.15) is 0 Å². The molecule has 2 aliphatic heterocycles. The average molecular weight is 273 g/mol. The van der Waals surface area contributed by atoms with Gasteiger partial charge in [-0.3, -0.25) is 9.59 Å². The van der Waals surface area contributed by atoms with E-state index < -0.39 is 0 Å². The number of carbonyl (C=O) groups excluding carboxylic acids is 2. The highest BCUT2D eigenvalue weighted by atomic mass is 16.2. The first-order chi connectivity index (χ1) is 9.69. The Morgan fingerprint density at radius 3 is 3.05 bits per heavy atom. The number of aryl methyl sites for hydroxylation is 1. The van der Waals surface area contributed by atoms with Crippen LogP contribution in [0.1, 0.15) is 35.2 Å². The van der Waals surface area contributed by atoms with Crippen LogP contribution in [0, 0.1) is 0 Å². The summed E-state index contributed by atoms with van der Waals surface area (Å²) in [6.45, 7) is 1.31. The van der Waals surface area contributed by atoms with Gasteiger partial charge in [0.2, 0.25) is 5.91 Å². The molecule has 0 saturated carbocycles. The molecule has 3 rings (SSSR count). The summed E-state index contributed by atoms with van der Waals surface area (Å²) < 4.78 is 0. The molecule has 2 amide bonds. The van der Waals surface area contributed by atoms with E-state index in [1.807, 2.05) is 17.0 Å². The molecule has 5 heteroatoms. The number of hydrogen-bond donors (Lipinski definition) is 2. The van der Waals surface area contributed by atoms with Crippen molar-refractivity contribution in [1.82, 2.24) is 4.90 Å². The van der Waals surface area contributed by atoms with Gasteiger partial charge in [0.15, 0.2) is 0 Å². The molecular formula is C15H19N3O2. The lowest BCUT2D eigenvalue weighted by Crippen LogP contribution is -2.40. The van der Waals surface area contributed by atoms with Crippen LogP contribution < -0.4 is 11.1 Å². The zero-order chi connectivity index (χ0) is 14.1. The van der Waals surface area contributed by atoms with Crippen molar-refractivity contribution in [3.05, 3.63) is 29.3 Å². The fourth-order valence-electron chi connectivity index (χ4n) is 3.03. The molecule has 0 aromatic heterocycles. The van der Waals surface area contributed by atoms with Crippen molar-refractivity contribution in [2.24, 2.45) is 5.73 Å². The van der Waals surface area contributed by atoms with Crippen LogP contribution in [0.4, 0.5) is 5.69 Å². The van der Waals surface area contributed by atoms with Crippen LogP contribution in [0.5, 0.6) is 0 Å². The van der Waals surface area contributed by atoms with Crippen molar-refractivity contribution in [3.63, 3.8) is 0 Å². The summed E-state index contributed by atoms with van der Waals surface area (Å²) in [6, 6.07) is 5.69. The lowest BCUT2D eigenvalue weighted by molar-refractivity contribution is -0.116. The lowest BCUT2D eigenvalue weighted by Gasteiger charge is -2.24. The number of nitrogens with one attached hydrogen (secondary N) is 1.